The van der Waals surface area contributed by atoms with Gasteiger partial charge in [-0.05, 0) is 43.5 Å². The van der Waals surface area contributed by atoms with Crippen LogP contribution in [0.4, 0.5) is 4.39 Å². The fraction of sp³-hybridized carbons (Fsp3) is 0.500. The maximum Gasteiger partial charge on any atom is 0.254 e. The Morgan fingerprint density at radius 3 is 3.00 bits per heavy atom. The Bertz CT molecular complexity index is 494. The van der Waals surface area contributed by atoms with Crippen molar-refractivity contribution in [2.45, 2.75) is 18.9 Å². The third-order valence-corrected chi connectivity index (χ3v) is 4.36. The molecule has 1 aromatic rings. The van der Waals surface area contributed by atoms with Crippen LogP contribution in [0.15, 0.2) is 18.2 Å². The molecule has 0 saturated carbocycles. The molecular formula is C14H16ClFN2O. The average Bonchev–Trinajstić information content (AvgIpc) is 2.85. The summed E-state index contributed by atoms with van der Waals surface area (Å²) in [5, 5.41) is 3.50. The first kappa shape index (κ1) is 12.9. The number of hydrogen-bond acceptors (Lipinski definition) is 2. The number of nitrogens with one attached hydrogen (secondary N) is 1. The number of hydrogen-bond donors (Lipinski definition) is 1. The first-order valence-electron chi connectivity index (χ1n) is 6.63. The molecule has 3 rings (SSSR count). The van der Waals surface area contributed by atoms with Gasteiger partial charge in [0.1, 0.15) is 5.82 Å². The van der Waals surface area contributed by atoms with E-state index in [1.807, 2.05) is 4.90 Å². The zero-order chi connectivity index (χ0) is 13.4. The summed E-state index contributed by atoms with van der Waals surface area (Å²) >= 11 is 5.63. The Morgan fingerprint density at radius 2 is 2.26 bits per heavy atom. The van der Waals surface area contributed by atoms with Crippen LogP contribution in [0.5, 0.6) is 0 Å². The number of carbonyl (C=O) groups excluding carboxylic acids is 1. The largest absolute Gasteiger partial charge is 0.337 e. The number of carbonyl (C=O) groups is 1. The summed E-state index contributed by atoms with van der Waals surface area (Å²) in [5.74, 6) is -0.108. The topological polar surface area (TPSA) is 32.3 Å². The van der Waals surface area contributed by atoms with Gasteiger partial charge in [-0.2, -0.15) is 0 Å². The Labute approximate surface area is 116 Å². The van der Waals surface area contributed by atoms with E-state index >= 15 is 0 Å². The van der Waals surface area contributed by atoms with Gasteiger partial charge >= 0.3 is 0 Å². The molecule has 0 aromatic heterocycles. The number of fused-ring (bicyclic) bond motifs is 1. The molecule has 19 heavy (non-hydrogen) atoms. The second-order valence-electron chi connectivity index (χ2n) is 5.30. The minimum atomic E-state index is -0.540. The number of piperidine rings is 1. The predicted molar refractivity (Wildman–Crippen MR) is 71.8 cm³/mol. The van der Waals surface area contributed by atoms with Gasteiger partial charge in [0.2, 0.25) is 0 Å². The molecule has 5 heteroatoms. The van der Waals surface area contributed by atoms with E-state index in [0.29, 0.717) is 24.1 Å². The van der Waals surface area contributed by atoms with Crippen LogP contribution >= 0.6 is 11.6 Å². The van der Waals surface area contributed by atoms with Crippen molar-refractivity contribution in [3.05, 3.63) is 34.6 Å². The van der Waals surface area contributed by atoms with Crippen LogP contribution in [0.2, 0.25) is 5.02 Å². The smallest absolute Gasteiger partial charge is 0.254 e. The highest BCUT2D eigenvalue weighted by atomic mass is 35.5. The molecule has 1 amide bonds. The predicted octanol–water partition coefficient (Wildman–Crippen LogP) is 2.30. The maximum absolute atomic E-state index is 13.4. The van der Waals surface area contributed by atoms with E-state index in [1.165, 1.54) is 18.6 Å². The highest BCUT2D eigenvalue weighted by Gasteiger charge is 2.36. The Hall–Kier alpha value is -1.13. The lowest BCUT2D eigenvalue weighted by Crippen LogP contribution is -2.41. The molecule has 1 aromatic carbocycles. The van der Waals surface area contributed by atoms with Gasteiger partial charge in [0.15, 0.2) is 0 Å². The Morgan fingerprint density at radius 1 is 1.42 bits per heavy atom. The van der Waals surface area contributed by atoms with Gasteiger partial charge in [0.05, 0.1) is 5.02 Å². The standard InChI is InChI=1S/C14H16ClFN2O/c15-11-4-3-9(6-12(11)16)14(19)18-7-10-2-1-5-17-13(10)8-18/h3-4,6,10,13,17H,1-2,5,7-8H2/t10-,13+/m0/s1. The van der Waals surface area contributed by atoms with Gasteiger partial charge in [-0.15, -0.1) is 0 Å². The minimum Gasteiger partial charge on any atom is -0.337 e. The van der Waals surface area contributed by atoms with E-state index in [1.54, 1.807) is 6.07 Å². The highest BCUT2D eigenvalue weighted by molar-refractivity contribution is 6.30. The van der Waals surface area contributed by atoms with Gasteiger partial charge in [-0.1, -0.05) is 11.6 Å². The summed E-state index contributed by atoms with van der Waals surface area (Å²) in [6.45, 7) is 2.51. The molecule has 2 heterocycles. The Kier molecular flexibility index (Phi) is 3.46. The number of likely N-dealkylation sites (tertiary alicyclic amines) is 1. The second kappa shape index (κ2) is 5.10. The van der Waals surface area contributed by atoms with Gasteiger partial charge in [0, 0.05) is 24.7 Å². The molecule has 2 saturated heterocycles. The van der Waals surface area contributed by atoms with Crippen LogP contribution in [0.25, 0.3) is 0 Å². The summed E-state index contributed by atoms with van der Waals surface area (Å²) in [5.41, 5.74) is 0.376. The molecule has 0 spiro atoms. The highest BCUT2D eigenvalue weighted by Crippen LogP contribution is 2.26. The molecule has 0 radical (unpaired) electrons. The van der Waals surface area contributed by atoms with Crippen LogP contribution in [0.1, 0.15) is 23.2 Å². The second-order valence-corrected chi connectivity index (χ2v) is 5.71. The zero-order valence-corrected chi connectivity index (χ0v) is 11.3. The van der Waals surface area contributed by atoms with E-state index in [2.05, 4.69) is 5.32 Å². The normalized spacial score (nSPS) is 26.3. The third-order valence-electron chi connectivity index (χ3n) is 4.05. The molecule has 2 fully saturated rings. The number of halogens is 2. The SMILES string of the molecule is O=C(c1ccc(Cl)c(F)c1)N1C[C@@H]2CCCN[C@@H]2C1. The van der Waals surface area contributed by atoms with Crippen molar-refractivity contribution in [2.75, 3.05) is 19.6 Å². The first-order chi connectivity index (χ1) is 9.15. The Balaban J connectivity index is 1.75. The van der Waals surface area contributed by atoms with Crippen LogP contribution in [-0.2, 0) is 0 Å². The fourth-order valence-corrected chi connectivity index (χ4v) is 3.14. The van der Waals surface area contributed by atoms with Crippen LogP contribution in [-0.4, -0.2) is 36.5 Å². The lowest BCUT2D eigenvalue weighted by molar-refractivity contribution is 0.0785. The van der Waals surface area contributed by atoms with Crippen molar-refractivity contribution in [1.29, 1.82) is 0 Å². The van der Waals surface area contributed by atoms with Crippen molar-refractivity contribution < 1.29 is 9.18 Å². The van der Waals surface area contributed by atoms with E-state index in [4.69, 9.17) is 11.6 Å². The number of benzene rings is 1. The quantitative estimate of drug-likeness (QED) is 0.857. The van der Waals surface area contributed by atoms with Crippen molar-refractivity contribution in [2.24, 2.45) is 5.92 Å². The van der Waals surface area contributed by atoms with Crippen LogP contribution < -0.4 is 5.32 Å². The molecule has 102 valence electrons. The summed E-state index contributed by atoms with van der Waals surface area (Å²) in [6, 6.07) is 4.64. The van der Waals surface area contributed by atoms with E-state index in [9.17, 15) is 9.18 Å². The summed E-state index contributed by atoms with van der Waals surface area (Å²) in [4.78, 5) is 14.2. The van der Waals surface area contributed by atoms with E-state index < -0.39 is 5.82 Å². The maximum atomic E-state index is 13.4. The summed E-state index contributed by atoms with van der Waals surface area (Å²) in [6.07, 6.45) is 2.33. The molecule has 0 aliphatic carbocycles. The first-order valence-corrected chi connectivity index (χ1v) is 7.00. The van der Waals surface area contributed by atoms with Gasteiger partial charge in [0.25, 0.3) is 5.91 Å². The van der Waals surface area contributed by atoms with Crippen molar-refractivity contribution in [1.82, 2.24) is 10.2 Å². The minimum absolute atomic E-state index is 0.0494. The molecule has 1 N–H and O–H groups in total. The summed E-state index contributed by atoms with van der Waals surface area (Å²) < 4.78 is 13.4. The molecule has 0 bridgehead atoms. The molecule has 0 unspecified atom stereocenters. The van der Waals surface area contributed by atoms with Crippen molar-refractivity contribution in [3.63, 3.8) is 0 Å². The lowest BCUT2D eigenvalue weighted by atomic mass is 9.94. The number of amides is 1. The number of nitrogens with zero attached hydrogens (tertiary/aromatic N) is 1. The van der Waals surface area contributed by atoms with E-state index in [0.717, 1.165) is 19.5 Å². The zero-order valence-electron chi connectivity index (χ0n) is 10.5. The van der Waals surface area contributed by atoms with Crippen molar-refractivity contribution >= 4 is 17.5 Å². The molecule has 2 aliphatic heterocycles. The van der Waals surface area contributed by atoms with Crippen LogP contribution in [0, 0.1) is 11.7 Å². The van der Waals surface area contributed by atoms with E-state index in [-0.39, 0.29) is 10.9 Å². The molecule has 2 atom stereocenters. The lowest BCUT2D eigenvalue weighted by Gasteiger charge is -2.24. The molecular weight excluding hydrogens is 267 g/mol. The van der Waals surface area contributed by atoms with Gasteiger partial charge in [-0.3, -0.25) is 4.79 Å². The third kappa shape index (κ3) is 2.47. The monoisotopic (exact) mass is 282 g/mol. The average molecular weight is 283 g/mol. The molecule has 3 nitrogen and oxygen atoms in total. The van der Waals surface area contributed by atoms with Gasteiger partial charge < -0.3 is 10.2 Å². The molecule has 2 aliphatic rings. The van der Waals surface area contributed by atoms with Crippen LogP contribution in [0.3, 0.4) is 0 Å². The van der Waals surface area contributed by atoms with Crippen molar-refractivity contribution in [3.8, 4) is 0 Å². The number of rotatable bonds is 1. The van der Waals surface area contributed by atoms with Gasteiger partial charge in [-0.25, -0.2) is 4.39 Å². The summed E-state index contributed by atoms with van der Waals surface area (Å²) in [7, 11) is 0. The fourth-order valence-electron chi connectivity index (χ4n) is 3.02.